The molecule has 0 radical (unpaired) electrons. The predicted molar refractivity (Wildman–Crippen MR) is 79.3 cm³/mol. The molecule has 0 aliphatic heterocycles. The van der Waals surface area contributed by atoms with Gasteiger partial charge in [-0.2, -0.15) is 0 Å². The highest BCUT2D eigenvalue weighted by molar-refractivity contribution is 5.64. The van der Waals surface area contributed by atoms with E-state index in [2.05, 4.69) is 0 Å². The van der Waals surface area contributed by atoms with Crippen LogP contribution in [0.3, 0.4) is 0 Å². The maximum atomic E-state index is 13.4. The highest BCUT2D eigenvalue weighted by Crippen LogP contribution is 2.22. The van der Waals surface area contributed by atoms with Crippen molar-refractivity contribution in [1.82, 2.24) is 0 Å². The van der Waals surface area contributed by atoms with Crippen LogP contribution in [0.2, 0.25) is 0 Å². The Balaban J connectivity index is 0.000000659. The molecule has 0 N–H and O–H groups in total. The van der Waals surface area contributed by atoms with E-state index in [1.807, 2.05) is 65.0 Å². The van der Waals surface area contributed by atoms with E-state index in [9.17, 15) is 4.39 Å². The summed E-state index contributed by atoms with van der Waals surface area (Å²) in [6, 6.07) is 14.7. The molecule has 0 bridgehead atoms. The van der Waals surface area contributed by atoms with E-state index in [0.717, 1.165) is 5.56 Å². The molecule has 0 aliphatic carbocycles. The van der Waals surface area contributed by atoms with Crippen LogP contribution in [0.25, 0.3) is 11.1 Å². The molecular weight excluding hydrogens is 223 g/mol. The molecule has 1 heteroatoms. The Kier molecular flexibility index (Phi) is 8.55. The Hall–Kier alpha value is -1.63. The van der Waals surface area contributed by atoms with E-state index in [0.29, 0.717) is 5.56 Å². The molecule has 2 aromatic carbocycles. The van der Waals surface area contributed by atoms with Gasteiger partial charge in [0.05, 0.1) is 0 Å². The van der Waals surface area contributed by atoms with E-state index in [1.54, 1.807) is 12.1 Å². The highest BCUT2D eigenvalue weighted by Gasteiger charge is 2.02. The van der Waals surface area contributed by atoms with Gasteiger partial charge in [0, 0.05) is 5.56 Å². The topological polar surface area (TPSA) is 0 Å². The molecule has 0 saturated heterocycles. The zero-order valence-electron chi connectivity index (χ0n) is 12.0. The lowest BCUT2D eigenvalue weighted by Gasteiger charge is -2.02. The molecule has 0 aliphatic rings. The number of aryl methyl sites for hydroxylation is 1. The maximum absolute atomic E-state index is 13.4. The van der Waals surface area contributed by atoms with Crippen LogP contribution in [0.5, 0.6) is 0 Å². The van der Waals surface area contributed by atoms with Gasteiger partial charge in [0.1, 0.15) is 5.82 Å². The van der Waals surface area contributed by atoms with Crippen LogP contribution < -0.4 is 0 Å². The molecule has 18 heavy (non-hydrogen) atoms. The van der Waals surface area contributed by atoms with Crippen molar-refractivity contribution in [2.45, 2.75) is 34.6 Å². The molecule has 2 rings (SSSR count). The van der Waals surface area contributed by atoms with Crippen LogP contribution in [0.4, 0.5) is 4.39 Å². The van der Waals surface area contributed by atoms with Crippen molar-refractivity contribution < 1.29 is 4.39 Å². The molecule has 0 saturated carbocycles. The molecule has 0 aromatic heterocycles. The largest absolute Gasteiger partial charge is 0.206 e. The lowest BCUT2D eigenvalue weighted by Crippen LogP contribution is -1.83. The van der Waals surface area contributed by atoms with Gasteiger partial charge >= 0.3 is 0 Å². The average Bonchev–Trinajstić information content (AvgIpc) is 2.45. The first-order valence-corrected chi connectivity index (χ1v) is 6.59. The second kappa shape index (κ2) is 9.41. The molecule has 2 aromatic rings. The Morgan fingerprint density at radius 1 is 0.722 bits per heavy atom. The van der Waals surface area contributed by atoms with Crippen molar-refractivity contribution in [2.75, 3.05) is 0 Å². The fourth-order valence-corrected chi connectivity index (χ4v) is 1.43. The fraction of sp³-hybridized carbons (Fsp3) is 0.294. The third kappa shape index (κ3) is 4.70. The molecule has 0 spiro atoms. The third-order valence-electron chi connectivity index (χ3n) is 2.24. The smallest absolute Gasteiger partial charge is 0.131 e. The van der Waals surface area contributed by atoms with Gasteiger partial charge in [-0.25, -0.2) is 4.39 Å². The van der Waals surface area contributed by atoms with Gasteiger partial charge in [0.25, 0.3) is 0 Å². The number of hydrogen-bond donors (Lipinski definition) is 0. The van der Waals surface area contributed by atoms with Crippen molar-refractivity contribution >= 4 is 0 Å². The van der Waals surface area contributed by atoms with E-state index < -0.39 is 0 Å². The number of hydrogen-bond acceptors (Lipinski definition) is 0. The Morgan fingerprint density at radius 2 is 1.22 bits per heavy atom. The Labute approximate surface area is 110 Å². The monoisotopic (exact) mass is 246 g/mol. The number of benzene rings is 2. The molecular formula is C17H23F. The van der Waals surface area contributed by atoms with Crippen LogP contribution >= 0.6 is 0 Å². The van der Waals surface area contributed by atoms with Crippen LogP contribution in [-0.4, -0.2) is 0 Å². The molecule has 0 atom stereocenters. The fourth-order valence-electron chi connectivity index (χ4n) is 1.43. The first-order chi connectivity index (χ1) is 8.77. The molecule has 0 nitrogen and oxygen atoms in total. The van der Waals surface area contributed by atoms with Crippen molar-refractivity contribution in [3.05, 3.63) is 59.9 Å². The molecule has 98 valence electrons. The van der Waals surface area contributed by atoms with Crippen molar-refractivity contribution in [2.24, 2.45) is 0 Å². The SMILES string of the molecule is CC.CC.Cc1ccc(-c2ccccc2F)cc1. The maximum Gasteiger partial charge on any atom is 0.131 e. The van der Waals surface area contributed by atoms with E-state index in [-0.39, 0.29) is 5.82 Å². The predicted octanol–water partition coefficient (Wildman–Crippen LogP) is 5.85. The summed E-state index contributed by atoms with van der Waals surface area (Å²) in [4.78, 5) is 0. The average molecular weight is 246 g/mol. The second-order valence-corrected chi connectivity index (χ2v) is 3.35. The van der Waals surface area contributed by atoms with Gasteiger partial charge in [-0.3, -0.25) is 0 Å². The third-order valence-corrected chi connectivity index (χ3v) is 2.24. The van der Waals surface area contributed by atoms with Gasteiger partial charge < -0.3 is 0 Å². The normalized spacial score (nSPS) is 8.56. The molecule has 0 fully saturated rings. The minimum Gasteiger partial charge on any atom is -0.206 e. The Morgan fingerprint density at radius 3 is 1.72 bits per heavy atom. The second-order valence-electron chi connectivity index (χ2n) is 3.35. The molecule has 0 heterocycles. The quantitative estimate of drug-likeness (QED) is 0.591. The molecule has 0 unspecified atom stereocenters. The zero-order valence-corrected chi connectivity index (χ0v) is 12.0. The lowest BCUT2D eigenvalue weighted by molar-refractivity contribution is 0.631. The first kappa shape index (κ1) is 16.4. The van der Waals surface area contributed by atoms with Gasteiger partial charge in [-0.1, -0.05) is 75.7 Å². The lowest BCUT2D eigenvalue weighted by atomic mass is 10.0. The summed E-state index contributed by atoms with van der Waals surface area (Å²) in [5.74, 6) is -0.170. The van der Waals surface area contributed by atoms with Crippen molar-refractivity contribution in [3.63, 3.8) is 0 Å². The summed E-state index contributed by atoms with van der Waals surface area (Å²) < 4.78 is 13.4. The van der Waals surface area contributed by atoms with E-state index >= 15 is 0 Å². The van der Waals surface area contributed by atoms with Gasteiger partial charge in [-0.15, -0.1) is 0 Å². The minimum absolute atomic E-state index is 0.170. The zero-order chi connectivity index (χ0) is 14.0. The van der Waals surface area contributed by atoms with Crippen molar-refractivity contribution in [3.8, 4) is 11.1 Å². The molecule has 0 amide bonds. The van der Waals surface area contributed by atoms with E-state index in [4.69, 9.17) is 0 Å². The summed E-state index contributed by atoms with van der Waals surface area (Å²) in [6.45, 7) is 10.0. The van der Waals surface area contributed by atoms with Crippen LogP contribution in [0.15, 0.2) is 48.5 Å². The summed E-state index contributed by atoms with van der Waals surface area (Å²) in [5.41, 5.74) is 2.77. The number of rotatable bonds is 1. The van der Waals surface area contributed by atoms with Crippen molar-refractivity contribution in [1.29, 1.82) is 0 Å². The Bertz CT molecular complexity index is 430. The highest BCUT2D eigenvalue weighted by atomic mass is 19.1. The van der Waals surface area contributed by atoms with Gasteiger partial charge in [-0.05, 0) is 18.6 Å². The van der Waals surface area contributed by atoms with Crippen LogP contribution in [0.1, 0.15) is 33.3 Å². The summed E-state index contributed by atoms with van der Waals surface area (Å²) in [7, 11) is 0. The van der Waals surface area contributed by atoms with E-state index in [1.165, 1.54) is 11.6 Å². The standard InChI is InChI=1S/C13H11F.2C2H6/c1-10-6-8-11(9-7-10)12-4-2-3-5-13(12)14;2*1-2/h2-9H,1H3;2*1-2H3. The van der Waals surface area contributed by atoms with Gasteiger partial charge in [0.15, 0.2) is 0 Å². The van der Waals surface area contributed by atoms with Crippen LogP contribution in [-0.2, 0) is 0 Å². The summed E-state index contributed by atoms with van der Waals surface area (Å²) in [5, 5.41) is 0. The van der Waals surface area contributed by atoms with Crippen LogP contribution in [0, 0.1) is 12.7 Å². The first-order valence-electron chi connectivity index (χ1n) is 6.59. The van der Waals surface area contributed by atoms with Gasteiger partial charge in [0.2, 0.25) is 0 Å². The summed E-state index contributed by atoms with van der Waals surface area (Å²) >= 11 is 0. The number of halogens is 1. The minimum atomic E-state index is -0.170. The summed E-state index contributed by atoms with van der Waals surface area (Å²) in [6.07, 6.45) is 0.